The number of carbonyl (C=O) groups is 1. The smallest absolute Gasteiger partial charge is 0.338 e. The van der Waals surface area contributed by atoms with Gasteiger partial charge in [0.1, 0.15) is 4.90 Å². The molecule has 6 nitrogen and oxygen atoms in total. The Balaban J connectivity index is 2.81. The van der Waals surface area contributed by atoms with E-state index in [0.717, 1.165) is 6.07 Å². The van der Waals surface area contributed by atoms with Crippen LogP contribution in [0, 0.1) is 0 Å². The number of halogens is 1. The van der Waals surface area contributed by atoms with Crippen LogP contribution < -0.4 is 5.14 Å². The fourth-order valence-electron chi connectivity index (χ4n) is 1.42. The second-order valence-electron chi connectivity index (χ2n) is 5.04. The molecule has 0 radical (unpaired) electrons. The molecule has 1 aromatic carbocycles. The van der Waals surface area contributed by atoms with Gasteiger partial charge in [0.25, 0.3) is 0 Å². The predicted octanol–water partition coefficient (Wildman–Crippen LogP) is 1.96. The molecule has 1 aromatic rings. The van der Waals surface area contributed by atoms with Crippen LogP contribution in [-0.2, 0) is 19.5 Å². The number of sulfonamides is 1. The van der Waals surface area contributed by atoms with Gasteiger partial charge in [0.2, 0.25) is 10.0 Å². The largest absolute Gasteiger partial charge is 0.462 e. The van der Waals surface area contributed by atoms with Crippen molar-refractivity contribution in [2.24, 2.45) is 5.14 Å². The van der Waals surface area contributed by atoms with Crippen LogP contribution in [0.15, 0.2) is 23.1 Å². The van der Waals surface area contributed by atoms with Gasteiger partial charge in [0.05, 0.1) is 22.8 Å². The minimum Gasteiger partial charge on any atom is -0.462 e. The Hall–Kier alpha value is -1.15. The number of hydrogen-bond donors (Lipinski definition) is 1. The lowest BCUT2D eigenvalue weighted by Gasteiger charge is -2.22. The third-order valence-corrected chi connectivity index (χ3v) is 4.36. The highest BCUT2D eigenvalue weighted by Gasteiger charge is 2.19. The van der Waals surface area contributed by atoms with E-state index in [1.807, 2.05) is 13.8 Å². The SMILES string of the molecule is COC(C)(C)CCOC(=O)c1ccc(Cl)c(S(N)(=O)=O)c1. The van der Waals surface area contributed by atoms with Crippen molar-refractivity contribution >= 4 is 27.6 Å². The number of hydrogen-bond acceptors (Lipinski definition) is 5. The minimum atomic E-state index is -4.00. The van der Waals surface area contributed by atoms with Gasteiger partial charge in [-0.15, -0.1) is 0 Å². The average Bonchev–Trinajstić information content (AvgIpc) is 2.37. The summed E-state index contributed by atoms with van der Waals surface area (Å²) in [6, 6.07) is 3.76. The van der Waals surface area contributed by atoms with Crippen molar-refractivity contribution in [3.8, 4) is 0 Å². The third-order valence-electron chi connectivity index (χ3n) is 2.96. The van der Waals surface area contributed by atoms with Crippen LogP contribution in [-0.4, -0.2) is 33.7 Å². The molecule has 118 valence electrons. The molecule has 0 fully saturated rings. The summed E-state index contributed by atoms with van der Waals surface area (Å²) in [6.45, 7) is 3.87. The zero-order valence-corrected chi connectivity index (χ0v) is 13.6. The molecule has 0 heterocycles. The van der Waals surface area contributed by atoms with Crippen molar-refractivity contribution in [1.82, 2.24) is 0 Å². The van der Waals surface area contributed by atoms with E-state index < -0.39 is 21.6 Å². The minimum absolute atomic E-state index is 0.0467. The van der Waals surface area contributed by atoms with Crippen molar-refractivity contribution in [2.75, 3.05) is 13.7 Å². The third kappa shape index (κ3) is 5.28. The molecule has 0 aliphatic rings. The normalized spacial score (nSPS) is 12.2. The maximum atomic E-state index is 11.9. The van der Waals surface area contributed by atoms with Gasteiger partial charge in [-0.05, 0) is 32.0 Å². The van der Waals surface area contributed by atoms with E-state index in [-0.39, 0.29) is 22.1 Å². The number of benzene rings is 1. The van der Waals surface area contributed by atoms with Crippen molar-refractivity contribution in [3.05, 3.63) is 28.8 Å². The zero-order chi connectivity index (χ0) is 16.3. The molecule has 1 rings (SSSR count). The molecule has 0 saturated carbocycles. The zero-order valence-electron chi connectivity index (χ0n) is 12.1. The number of methoxy groups -OCH3 is 1. The molecule has 0 bridgehead atoms. The molecule has 0 amide bonds. The molecule has 0 unspecified atom stereocenters. The second kappa shape index (κ2) is 6.74. The van der Waals surface area contributed by atoms with Crippen LogP contribution >= 0.6 is 11.6 Å². The number of esters is 1. The highest BCUT2D eigenvalue weighted by molar-refractivity contribution is 7.89. The molecule has 0 aromatic heterocycles. The first-order valence-corrected chi connectivity index (χ1v) is 8.04. The van der Waals surface area contributed by atoms with E-state index in [2.05, 4.69) is 0 Å². The molecule has 0 spiro atoms. The maximum absolute atomic E-state index is 11.9. The highest BCUT2D eigenvalue weighted by atomic mass is 35.5. The van der Waals surface area contributed by atoms with Gasteiger partial charge >= 0.3 is 5.97 Å². The first-order chi connectivity index (χ1) is 9.57. The molecule has 0 aliphatic carbocycles. The first-order valence-electron chi connectivity index (χ1n) is 6.11. The molecule has 2 N–H and O–H groups in total. The highest BCUT2D eigenvalue weighted by Crippen LogP contribution is 2.22. The second-order valence-corrected chi connectivity index (χ2v) is 6.98. The number of primary sulfonamides is 1. The number of ether oxygens (including phenoxy) is 2. The van der Waals surface area contributed by atoms with Crippen molar-refractivity contribution < 1.29 is 22.7 Å². The van der Waals surface area contributed by atoms with E-state index in [9.17, 15) is 13.2 Å². The standard InChI is InChI=1S/C13H18ClNO5S/c1-13(2,19-3)6-7-20-12(16)9-4-5-10(14)11(8-9)21(15,17)18/h4-5,8H,6-7H2,1-3H3,(H2,15,17,18). The summed E-state index contributed by atoms with van der Waals surface area (Å²) in [5.41, 5.74) is -0.342. The Labute approximate surface area is 129 Å². The topological polar surface area (TPSA) is 95.7 Å². The Bertz CT molecular complexity index is 627. The van der Waals surface area contributed by atoms with Gasteiger partial charge < -0.3 is 9.47 Å². The quantitative estimate of drug-likeness (QED) is 0.802. The van der Waals surface area contributed by atoms with E-state index in [0.29, 0.717) is 6.42 Å². The Morgan fingerprint density at radius 3 is 2.52 bits per heavy atom. The van der Waals surface area contributed by atoms with Crippen molar-refractivity contribution in [2.45, 2.75) is 30.8 Å². The lowest BCUT2D eigenvalue weighted by molar-refractivity contribution is -0.00564. The molecule has 21 heavy (non-hydrogen) atoms. The average molecular weight is 336 g/mol. The lowest BCUT2D eigenvalue weighted by Crippen LogP contribution is -2.25. The molecular formula is C13H18ClNO5S. The fraction of sp³-hybridized carbons (Fsp3) is 0.462. The summed E-state index contributed by atoms with van der Waals surface area (Å²) in [5.74, 6) is -0.650. The Kier molecular flexibility index (Phi) is 5.75. The molecule has 0 atom stereocenters. The summed E-state index contributed by atoms with van der Waals surface area (Å²) >= 11 is 5.74. The number of nitrogens with two attached hydrogens (primary N) is 1. The van der Waals surface area contributed by atoms with Gasteiger partial charge in [-0.3, -0.25) is 0 Å². The fourth-order valence-corrected chi connectivity index (χ4v) is 2.49. The Morgan fingerprint density at radius 1 is 1.38 bits per heavy atom. The maximum Gasteiger partial charge on any atom is 0.338 e. The van der Waals surface area contributed by atoms with Crippen LogP contribution in [0.2, 0.25) is 5.02 Å². The van der Waals surface area contributed by atoms with Gasteiger partial charge in [-0.2, -0.15) is 0 Å². The van der Waals surface area contributed by atoms with Gasteiger partial charge in [-0.25, -0.2) is 18.4 Å². The molecular weight excluding hydrogens is 318 g/mol. The van der Waals surface area contributed by atoms with Gasteiger partial charge in [0, 0.05) is 13.5 Å². The number of carbonyl (C=O) groups excluding carboxylic acids is 1. The summed E-state index contributed by atoms with van der Waals surface area (Å²) < 4.78 is 33.0. The van der Waals surface area contributed by atoms with Gasteiger partial charge in [-0.1, -0.05) is 11.6 Å². The summed E-state index contributed by atoms with van der Waals surface area (Å²) in [6.07, 6.45) is 0.505. The summed E-state index contributed by atoms with van der Waals surface area (Å²) in [5, 5.41) is 4.97. The van der Waals surface area contributed by atoms with E-state index in [1.165, 1.54) is 12.1 Å². The lowest BCUT2D eigenvalue weighted by atomic mass is 10.1. The van der Waals surface area contributed by atoms with E-state index in [4.69, 9.17) is 26.2 Å². The molecule has 8 heteroatoms. The molecule has 0 aliphatic heterocycles. The van der Waals surface area contributed by atoms with Crippen LogP contribution in [0.4, 0.5) is 0 Å². The van der Waals surface area contributed by atoms with E-state index in [1.54, 1.807) is 7.11 Å². The number of rotatable bonds is 6. The summed E-state index contributed by atoms with van der Waals surface area (Å²) in [4.78, 5) is 11.6. The predicted molar refractivity (Wildman–Crippen MR) is 78.8 cm³/mol. The van der Waals surface area contributed by atoms with Crippen LogP contribution in [0.3, 0.4) is 0 Å². The monoisotopic (exact) mass is 335 g/mol. The van der Waals surface area contributed by atoms with Crippen molar-refractivity contribution in [1.29, 1.82) is 0 Å². The van der Waals surface area contributed by atoms with Crippen molar-refractivity contribution in [3.63, 3.8) is 0 Å². The molecule has 0 saturated heterocycles. The van der Waals surface area contributed by atoms with E-state index >= 15 is 0 Å². The van der Waals surface area contributed by atoms with Crippen LogP contribution in [0.25, 0.3) is 0 Å². The first kappa shape index (κ1) is 17.9. The Morgan fingerprint density at radius 2 is 2.00 bits per heavy atom. The van der Waals surface area contributed by atoms with Crippen LogP contribution in [0.5, 0.6) is 0 Å². The van der Waals surface area contributed by atoms with Gasteiger partial charge in [0.15, 0.2) is 0 Å². The van der Waals surface area contributed by atoms with Crippen LogP contribution in [0.1, 0.15) is 30.6 Å². The summed E-state index contributed by atoms with van der Waals surface area (Å²) in [7, 11) is -2.43.